The van der Waals surface area contributed by atoms with E-state index in [1.165, 1.54) is 17.1 Å². The highest BCUT2D eigenvalue weighted by molar-refractivity contribution is 5.70. The van der Waals surface area contributed by atoms with Gasteiger partial charge < -0.3 is 10.3 Å². The average molecular weight is 417 g/mol. The van der Waals surface area contributed by atoms with Gasteiger partial charge >= 0.3 is 0 Å². The van der Waals surface area contributed by atoms with Gasteiger partial charge in [-0.3, -0.25) is 9.58 Å². The number of hydrazine groups is 1. The quantitative estimate of drug-likeness (QED) is 0.493. The van der Waals surface area contributed by atoms with Crippen molar-refractivity contribution in [1.29, 1.82) is 0 Å². The average Bonchev–Trinajstić information content (AvgIpc) is 3.35. The molecule has 5 rings (SSSR count). The molecule has 0 amide bonds. The van der Waals surface area contributed by atoms with Gasteiger partial charge in [0.1, 0.15) is 12.1 Å². The first-order valence-electron chi connectivity index (χ1n) is 9.74. The first-order chi connectivity index (χ1) is 15.0. The van der Waals surface area contributed by atoms with Gasteiger partial charge in [-0.25, -0.2) is 15.2 Å². The second-order valence-corrected chi connectivity index (χ2v) is 7.37. The lowest BCUT2D eigenvalue weighted by molar-refractivity contribution is 0.424. The predicted octanol–water partition coefficient (Wildman–Crippen LogP) is 3.02. The summed E-state index contributed by atoms with van der Waals surface area (Å²) in [5, 5.41) is 5.32. The molecule has 3 heterocycles. The molecular weight excluding hydrogens is 397 g/mol. The van der Waals surface area contributed by atoms with Gasteiger partial charge in [-0.1, -0.05) is 35.5 Å². The number of anilines is 1. The normalized spacial score (nSPS) is 14.7. The fourth-order valence-corrected chi connectivity index (χ4v) is 3.79. The first-order valence-corrected chi connectivity index (χ1v) is 9.74. The number of halogens is 1. The maximum atomic E-state index is 14.1. The van der Waals surface area contributed by atoms with Crippen molar-refractivity contribution in [3.05, 3.63) is 89.2 Å². The minimum Gasteiger partial charge on any atom is -0.400 e. The Balaban J connectivity index is 1.69. The predicted molar refractivity (Wildman–Crippen MR) is 113 cm³/mol. The third kappa shape index (κ3) is 3.34. The van der Waals surface area contributed by atoms with Crippen molar-refractivity contribution in [1.82, 2.24) is 19.7 Å². The molecule has 2 aromatic carbocycles. The highest BCUT2D eigenvalue weighted by Crippen LogP contribution is 2.36. The molecule has 0 fully saturated rings. The van der Waals surface area contributed by atoms with Gasteiger partial charge in [-0.2, -0.15) is 4.98 Å². The Morgan fingerprint density at radius 3 is 2.71 bits per heavy atom. The number of imidazole rings is 1. The van der Waals surface area contributed by atoms with Crippen LogP contribution in [0.15, 0.2) is 70.8 Å². The standard InChI is InChI=1S/C22H20FN7O/c1-13-27-22(31-28-13)21-20-11-18(16(24)9-14-5-3-2-4-6-14)30(25)19-10-15(23)7-8-17(19)29(20)12-26-21/h2-8,10,12H,9,11,24-25H2,1H3/b18-16-. The van der Waals surface area contributed by atoms with Crippen molar-refractivity contribution in [2.75, 3.05) is 5.01 Å². The molecule has 0 unspecified atom stereocenters. The summed E-state index contributed by atoms with van der Waals surface area (Å²) in [6.07, 6.45) is 2.49. The number of aromatic nitrogens is 4. The third-order valence-corrected chi connectivity index (χ3v) is 5.29. The summed E-state index contributed by atoms with van der Waals surface area (Å²) in [5.41, 5.74) is 11.3. The summed E-state index contributed by atoms with van der Waals surface area (Å²) in [5.74, 6) is 6.91. The molecule has 0 aliphatic carbocycles. The highest BCUT2D eigenvalue weighted by atomic mass is 19.1. The molecule has 31 heavy (non-hydrogen) atoms. The fourth-order valence-electron chi connectivity index (χ4n) is 3.79. The van der Waals surface area contributed by atoms with Crippen LogP contribution >= 0.6 is 0 Å². The monoisotopic (exact) mass is 417 g/mol. The lowest BCUT2D eigenvalue weighted by Crippen LogP contribution is -2.33. The van der Waals surface area contributed by atoms with Gasteiger partial charge in [-0.15, -0.1) is 0 Å². The molecule has 156 valence electrons. The summed E-state index contributed by atoms with van der Waals surface area (Å²) in [6, 6.07) is 14.3. The second-order valence-electron chi connectivity index (χ2n) is 7.37. The van der Waals surface area contributed by atoms with Crippen LogP contribution in [-0.4, -0.2) is 19.7 Å². The van der Waals surface area contributed by atoms with Crippen LogP contribution in [0.5, 0.6) is 0 Å². The smallest absolute Gasteiger partial charge is 0.278 e. The fraction of sp³-hybridized carbons (Fsp3) is 0.136. The van der Waals surface area contributed by atoms with Crippen molar-refractivity contribution >= 4 is 5.69 Å². The minimum atomic E-state index is -0.397. The van der Waals surface area contributed by atoms with Crippen LogP contribution < -0.4 is 16.6 Å². The number of hydrogen-bond donors (Lipinski definition) is 2. The molecule has 4 N–H and O–H groups in total. The number of nitrogens with zero attached hydrogens (tertiary/aromatic N) is 5. The molecule has 0 atom stereocenters. The van der Waals surface area contributed by atoms with Crippen LogP contribution in [-0.2, 0) is 12.8 Å². The van der Waals surface area contributed by atoms with E-state index in [-0.39, 0.29) is 0 Å². The molecule has 0 saturated carbocycles. The van der Waals surface area contributed by atoms with E-state index in [9.17, 15) is 4.39 Å². The summed E-state index contributed by atoms with van der Waals surface area (Å²) >= 11 is 0. The number of fused-ring (bicyclic) bond motifs is 3. The van der Waals surface area contributed by atoms with Gasteiger partial charge in [0, 0.05) is 24.6 Å². The van der Waals surface area contributed by atoms with Crippen LogP contribution in [0.4, 0.5) is 10.1 Å². The Kier molecular flexibility index (Phi) is 4.52. The minimum absolute atomic E-state index is 0.307. The Morgan fingerprint density at radius 1 is 1.16 bits per heavy atom. The number of allylic oxidation sites excluding steroid dienone is 2. The number of nitrogens with two attached hydrogens (primary N) is 2. The number of benzene rings is 2. The zero-order valence-corrected chi connectivity index (χ0v) is 16.8. The van der Waals surface area contributed by atoms with Crippen molar-refractivity contribution in [3.63, 3.8) is 0 Å². The van der Waals surface area contributed by atoms with Crippen molar-refractivity contribution in [2.24, 2.45) is 11.6 Å². The molecule has 0 spiro atoms. The molecular formula is C22H20FN7O. The summed E-state index contributed by atoms with van der Waals surface area (Å²) in [6.45, 7) is 1.74. The lowest BCUT2D eigenvalue weighted by Gasteiger charge is -2.23. The Morgan fingerprint density at radius 2 is 1.97 bits per heavy atom. The van der Waals surface area contributed by atoms with Gasteiger partial charge in [0.05, 0.1) is 22.8 Å². The zero-order chi connectivity index (χ0) is 21.5. The Labute approximate surface area is 177 Å². The zero-order valence-electron chi connectivity index (χ0n) is 16.8. The van der Waals surface area contributed by atoms with Crippen LogP contribution in [0.1, 0.15) is 17.1 Å². The van der Waals surface area contributed by atoms with Gasteiger partial charge in [0.25, 0.3) is 5.89 Å². The molecule has 8 nitrogen and oxygen atoms in total. The SMILES string of the molecule is Cc1noc(-c2ncn3c2C/C(=C(/N)Cc2ccccc2)N(N)c2cc(F)ccc2-3)n1. The summed E-state index contributed by atoms with van der Waals surface area (Å²) in [4.78, 5) is 8.81. The van der Waals surface area contributed by atoms with E-state index in [0.29, 0.717) is 53.0 Å². The van der Waals surface area contributed by atoms with Crippen molar-refractivity contribution < 1.29 is 8.91 Å². The topological polar surface area (TPSA) is 112 Å². The van der Waals surface area contributed by atoms with E-state index in [1.807, 2.05) is 34.9 Å². The van der Waals surface area contributed by atoms with E-state index in [4.69, 9.17) is 16.1 Å². The molecule has 9 heteroatoms. The van der Waals surface area contributed by atoms with E-state index in [1.54, 1.807) is 19.3 Å². The van der Waals surface area contributed by atoms with Crippen LogP contribution in [0.3, 0.4) is 0 Å². The molecule has 1 aliphatic heterocycles. The summed E-state index contributed by atoms with van der Waals surface area (Å²) < 4.78 is 21.3. The van der Waals surface area contributed by atoms with E-state index in [2.05, 4.69) is 15.1 Å². The molecule has 4 aromatic rings. The lowest BCUT2D eigenvalue weighted by atomic mass is 10.1. The largest absolute Gasteiger partial charge is 0.400 e. The second kappa shape index (κ2) is 7.37. The number of hydrogen-bond acceptors (Lipinski definition) is 7. The highest BCUT2D eigenvalue weighted by Gasteiger charge is 2.28. The Hall–Kier alpha value is -3.98. The number of rotatable bonds is 3. The van der Waals surface area contributed by atoms with Crippen LogP contribution in [0.25, 0.3) is 17.3 Å². The van der Waals surface area contributed by atoms with Gasteiger partial charge in [0.15, 0.2) is 11.5 Å². The molecule has 1 aliphatic rings. The van der Waals surface area contributed by atoms with Gasteiger partial charge in [-0.05, 0) is 24.6 Å². The van der Waals surface area contributed by atoms with Crippen LogP contribution in [0, 0.1) is 12.7 Å². The van der Waals surface area contributed by atoms with E-state index < -0.39 is 5.82 Å². The van der Waals surface area contributed by atoms with E-state index in [0.717, 1.165) is 11.3 Å². The molecule has 0 radical (unpaired) electrons. The van der Waals surface area contributed by atoms with E-state index >= 15 is 0 Å². The Bertz CT molecular complexity index is 1290. The molecule has 2 aromatic heterocycles. The maximum Gasteiger partial charge on any atom is 0.278 e. The van der Waals surface area contributed by atoms with Gasteiger partial charge in [0.2, 0.25) is 0 Å². The molecule has 0 saturated heterocycles. The third-order valence-electron chi connectivity index (χ3n) is 5.29. The number of aryl methyl sites for hydroxylation is 1. The summed E-state index contributed by atoms with van der Waals surface area (Å²) in [7, 11) is 0. The first kappa shape index (κ1) is 19.0. The molecule has 0 bridgehead atoms. The van der Waals surface area contributed by atoms with Crippen molar-refractivity contribution in [3.8, 4) is 17.3 Å². The van der Waals surface area contributed by atoms with Crippen molar-refractivity contribution in [2.45, 2.75) is 19.8 Å². The van der Waals surface area contributed by atoms with Crippen LogP contribution in [0.2, 0.25) is 0 Å². The maximum absolute atomic E-state index is 14.1.